The summed E-state index contributed by atoms with van der Waals surface area (Å²) in [6, 6.07) is 18.7. The van der Waals surface area contributed by atoms with Crippen LogP contribution in [0.3, 0.4) is 0 Å². The molecule has 2 heterocycles. The van der Waals surface area contributed by atoms with Gasteiger partial charge in [-0.1, -0.05) is 30.3 Å². The van der Waals surface area contributed by atoms with Crippen molar-refractivity contribution in [3.63, 3.8) is 0 Å². The highest BCUT2D eigenvalue weighted by molar-refractivity contribution is 7.71. The molecule has 0 aliphatic carbocycles. The number of rotatable bonds is 6. The van der Waals surface area contributed by atoms with Crippen LogP contribution in [0.4, 0.5) is 5.69 Å². The van der Waals surface area contributed by atoms with Crippen molar-refractivity contribution in [1.29, 1.82) is 0 Å². The molecule has 0 atom stereocenters. The standard InChI is InChI=1S/C22H27N5OS/c1-18-23-27(22(29)26(18)16-19-6-4-3-5-7-19)17-24-12-14-25(15-13-24)20-8-10-21(28-2)11-9-20/h3-11H,12-17H2,1-2H3. The van der Waals surface area contributed by atoms with Gasteiger partial charge in [0.1, 0.15) is 11.6 Å². The summed E-state index contributed by atoms with van der Waals surface area (Å²) >= 11 is 5.72. The Labute approximate surface area is 176 Å². The van der Waals surface area contributed by atoms with E-state index in [1.807, 2.05) is 29.8 Å². The van der Waals surface area contributed by atoms with Gasteiger partial charge in [-0.15, -0.1) is 0 Å². The zero-order valence-electron chi connectivity index (χ0n) is 17.0. The zero-order valence-corrected chi connectivity index (χ0v) is 17.8. The lowest BCUT2D eigenvalue weighted by Crippen LogP contribution is -2.47. The smallest absolute Gasteiger partial charge is 0.199 e. The molecule has 1 aliphatic heterocycles. The lowest BCUT2D eigenvalue weighted by atomic mass is 10.2. The minimum atomic E-state index is 0.734. The van der Waals surface area contributed by atoms with Crippen molar-refractivity contribution in [2.24, 2.45) is 0 Å². The van der Waals surface area contributed by atoms with Gasteiger partial charge in [0, 0.05) is 31.9 Å². The van der Waals surface area contributed by atoms with Gasteiger partial charge in [-0.2, -0.15) is 5.10 Å². The van der Waals surface area contributed by atoms with Crippen molar-refractivity contribution in [1.82, 2.24) is 19.2 Å². The Morgan fingerprint density at radius 1 is 0.966 bits per heavy atom. The van der Waals surface area contributed by atoms with E-state index in [9.17, 15) is 0 Å². The van der Waals surface area contributed by atoms with Crippen LogP contribution >= 0.6 is 12.2 Å². The molecule has 6 nitrogen and oxygen atoms in total. The lowest BCUT2D eigenvalue weighted by Gasteiger charge is -2.35. The second kappa shape index (κ2) is 8.80. The van der Waals surface area contributed by atoms with Crippen molar-refractivity contribution in [3.05, 3.63) is 70.8 Å². The van der Waals surface area contributed by atoms with Gasteiger partial charge >= 0.3 is 0 Å². The third kappa shape index (κ3) is 4.52. The third-order valence-corrected chi connectivity index (χ3v) is 5.87. The van der Waals surface area contributed by atoms with Gasteiger partial charge in [0.05, 0.1) is 20.3 Å². The largest absolute Gasteiger partial charge is 0.497 e. The average molecular weight is 410 g/mol. The van der Waals surface area contributed by atoms with Crippen LogP contribution < -0.4 is 9.64 Å². The summed E-state index contributed by atoms with van der Waals surface area (Å²) in [6.07, 6.45) is 0. The maximum atomic E-state index is 5.72. The maximum Gasteiger partial charge on any atom is 0.199 e. The molecule has 1 aromatic heterocycles. The Morgan fingerprint density at radius 3 is 2.31 bits per heavy atom. The van der Waals surface area contributed by atoms with Crippen LogP contribution in [0.5, 0.6) is 5.75 Å². The van der Waals surface area contributed by atoms with E-state index < -0.39 is 0 Å². The second-order valence-electron chi connectivity index (χ2n) is 7.35. The molecule has 0 saturated carbocycles. The number of piperazine rings is 1. The molecule has 0 spiro atoms. The number of aromatic nitrogens is 3. The Bertz CT molecular complexity index is 988. The molecule has 152 valence electrons. The first kappa shape index (κ1) is 19.7. The Kier molecular flexibility index (Phi) is 5.97. The fourth-order valence-corrected chi connectivity index (χ4v) is 4.01. The van der Waals surface area contributed by atoms with Crippen LogP contribution in [0, 0.1) is 11.7 Å². The molecule has 0 unspecified atom stereocenters. The summed E-state index contributed by atoms with van der Waals surface area (Å²) in [4.78, 5) is 4.82. The van der Waals surface area contributed by atoms with Gasteiger partial charge in [-0.05, 0) is 49.0 Å². The number of hydrogen-bond donors (Lipinski definition) is 0. The van der Waals surface area contributed by atoms with Crippen molar-refractivity contribution in [2.75, 3.05) is 38.2 Å². The SMILES string of the molecule is COc1ccc(N2CCN(Cn3nc(C)n(Cc4ccccc4)c3=S)CC2)cc1. The van der Waals surface area contributed by atoms with E-state index in [1.54, 1.807) is 7.11 Å². The first-order chi connectivity index (χ1) is 14.1. The molecule has 3 aromatic rings. The van der Waals surface area contributed by atoms with Crippen molar-refractivity contribution in [3.8, 4) is 5.75 Å². The Balaban J connectivity index is 1.38. The fraction of sp³-hybridized carbons (Fsp3) is 0.364. The molecule has 29 heavy (non-hydrogen) atoms. The van der Waals surface area contributed by atoms with Gasteiger partial charge < -0.3 is 9.64 Å². The predicted octanol–water partition coefficient (Wildman–Crippen LogP) is 3.56. The summed E-state index contributed by atoms with van der Waals surface area (Å²) in [5.41, 5.74) is 2.48. The van der Waals surface area contributed by atoms with Crippen LogP contribution in [0.1, 0.15) is 11.4 Å². The van der Waals surface area contributed by atoms with Crippen molar-refractivity contribution >= 4 is 17.9 Å². The minimum absolute atomic E-state index is 0.734. The van der Waals surface area contributed by atoms with Gasteiger partial charge in [0.15, 0.2) is 4.77 Å². The quantitative estimate of drug-likeness (QED) is 0.582. The number of aryl methyl sites for hydroxylation is 1. The predicted molar refractivity (Wildman–Crippen MR) is 118 cm³/mol. The normalized spacial score (nSPS) is 14.9. The molecule has 4 rings (SSSR count). The molecule has 0 bridgehead atoms. The number of ether oxygens (including phenoxy) is 1. The van der Waals surface area contributed by atoms with Crippen LogP contribution in [0.2, 0.25) is 0 Å². The molecular weight excluding hydrogens is 382 g/mol. The molecule has 0 radical (unpaired) electrons. The zero-order chi connectivity index (χ0) is 20.2. The van der Waals surface area contributed by atoms with Crippen molar-refractivity contribution < 1.29 is 4.74 Å². The average Bonchev–Trinajstić information content (AvgIpc) is 3.02. The Morgan fingerprint density at radius 2 is 1.66 bits per heavy atom. The molecular formula is C22H27N5OS. The first-order valence-electron chi connectivity index (χ1n) is 9.93. The van der Waals surface area contributed by atoms with E-state index in [-0.39, 0.29) is 0 Å². The van der Waals surface area contributed by atoms with E-state index in [4.69, 9.17) is 22.1 Å². The summed E-state index contributed by atoms with van der Waals surface area (Å²) in [7, 11) is 1.70. The van der Waals surface area contributed by atoms with E-state index in [2.05, 4.69) is 50.8 Å². The number of anilines is 1. The monoisotopic (exact) mass is 409 g/mol. The number of nitrogens with zero attached hydrogens (tertiary/aromatic N) is 5. The summed E-state index contributed by atoms with van der Waals surface area (Å²) in [6.45, 7) is 7.47. The van der Waals surface area contributed by atoms with Gasteiger partial charge in [-0.3, -0.25) is 9.47 Å². The number of hydrogen-bond acceptors (Lipinski definition) is 5. The van der Waals surface area contributed by atoms with Crippen LogP contribution in [0.25, 0.3) is 0 Å². The second-order valence-corrected chi connectivity index (χ2v) is 7.71. The van der Waals surface area contributed by atoms with Crippen molar-refractivity contribution in [2.45, 2.75) is 20.1 Å². The molecule has 2 aromatic carbocycles. The van der Waals surface area contributed by atoms with Gasteiger partial charge in [0.2, 0.25) is 0 Å². The van der Waals surface area contributed by atoms with E-state index in [0.717, 1.165) is 55.7 Å². The summed E-state index contributed by atoms with van der Waals surface area (Å²) < 4.78 is 10.1. The van der Waals surface area contributed by atoms with Crippen LogP contribution in [0.15, 0.2) is 54.6 Å². The highest BCUT2D eigenvalue weighted by atomic mass is 32.1. The van der Waals surface area contributed by atoms with Crippen LogP contribution in [-0.2, 0) is 13.2 Å². The van der Waals surface area contributed by atoms with Crippen LogP contribution in [-0.4, -0.2) is 52.5 Å². The molecule has 7 heteroatoms. The molecule has 0 amide bonds. The first-order valence-corrected chi connectivity index (χ1v) is 10.3. The minimum Gasteiger partial charge on any atom is -0.497 e. The van der Waals surface area contributed by atoms with Gasteiger partial charge in [0.25, 0.3) is 0 Å². The highest BCUT2D eigenvalue weighted by Crippen LogP contribution is 2.20. The highest BCUT2D eigenvalue weighted by Gasteiger charge is 2.19. The number of methoxy groups -OCH3 is 1. The maximum absolute atomic E-state index is 5.72. The van der Waals surface area contributed by atoms with Gasteiger partial charge in [-0.25, -0.2) is 4.68 Å². The number of benzene rings is 2. The third-order valence-electron chi connectivity index (χ3n) is 5.44. The Hall–Kier alpha value is -2.64. The van der Waals surface area contributed by atoms with E-state index in [1.165, 1.54) is 11.3 Å². The van der Waals surface area contributed by atoms with E-state index >= 15 is 0 Å². The summed E-state index contributed by atoms with van der Waals surface area (Å²) in [5, 5.41) is 4.70. The fourth-order valence-electron chi connectivity index (χ4n) is 3.72. The lowest BCUT2D eigenvalue weighted by molar-refractivity contribution is 0.194. The molecule has 0 N–H and O–H groups in total. The molecule has 1 saturated heterocycles. The molecule has 1 aliphatic rings. The topological polar surface area (TPSA) is 38.5 Å². The van der Waals surface area contributed by atoms with E-state index in [0.29, 0.717) is 0 Å². The molecule has 1 fully saturated rings. The summed E-state index contributed by atoms with van der Waals surface area (Å²) in [5.74, 6) is 1.85.